The molecule has 0 spiro atoms. The summed E-state index contributed by atoms with van der Waals surface area (Å²) in [5, 5.41) is 10.1. The van der Waals surface area contributed by atoms with E-state index in [2.05, 4.69) is 0 Å². The highest BCUT2D eigenvalue weighted by Gasteiger charge is 2.23. The molecule has 3 N–H and O–H groups in total. The van der Waals surface area contributed by atoms with Gasteiger partial charge in [-0.3, -0.25) is 0 Å². The highest BCUT2D eigenvalue weighted by Crippen LogP contribution is 2.29. The average molecular weight is 246 g/mol. The second kappa shape index (κ2) is 5.62. The van der Waals surface area contributed by atoms with Crippen LogP contribution in [0.3, 0.4) is 0 Å². The molecule has 0 aliphatic carbocycles. The average Bonchev–Trinajstić information content (AvgIpc) is 2.22. The first-order chi connectivity index (χ1) is 7.47. The second-order valence-corrected chi connectivity index (χ2v) is 4.67. The van der Waals surface area contributed by atoms with Gasteiger partial charge in [-0.1, -0.05) is 31.5 Å². The van der Waals surface area contributed by atoms with Crippen LogP contribution in [0.4, 0.5) is 4.39 Å². The summed E-state index contributed by atoms with van der Waals surface area (Å²) in [4.78, 5) is 0. The zero-order valence-electron chi connectivity index (χ0n) is 9.45. The van der Waals surface area contributed by atoms with Crippen LogP contribution in [-0.2, 0) is 0 Å². The van der Waals surface area contributed by atoms with E-state index in [9.17, 15) is 9.50 Å². The predicted molar refractivity (Wildman–Crippen MR) is 63.8 cm³/mol. The monoisotopic (exact) mass is 245 g/mol. The summed E-state index contributed by atoms with van der Waals surface area (Å²) in [7, 11) is 0. The van der Waals surface area contributed by atoms with Crippen molar-refractivity contribution in [1.82, 2.24) is 0 Å². The van der Waals surface area contributed by atoms with E-state index in [1.54, 1.807) is 6.07 Å². The molecule has 90 valence electrons. The Morgan fingerprint density at radius 2 is 2.06 bits per heavy atom. The number of nitrogens with two attached hydrogens (primary N) is 1. The molecule has 2 nitrogen and oxygen atoms in total. The van der Waals surface area contributed by atoms with Gasteiger partial charge in [-0.05, 0) is 30.2 Å². The summed E-state index contributed by atoms with van der Waals surface area (Å²) in [5.74, 6) is -0.364. The Kier molecular flexibility index (Phi) is 4.71. The number of rotatable bonds is 4. The lowest BCUT2D eigenvalue weighted by molar-refractivity contribution is 0.0858. The van der Waals surface area contributed by atoms with Crippen molar-refractivity contribution >= 4 is 11.6 Å². The minimum atomic E-state index is -0.753. The van der Waals surface area contributed by atoms with E-state index in [1.165, 1.54) is 12.1 Å². The van der Waals surface area contributed by atoms with E-state index in [0.717, 1.165) is 0 Å². The summed E-state index contributed by atoms with van der Waals surface area (Å²) in [6, 6.07) is 4.34. The Balaban J connectivity index is 2.94. The maximum atomic E-state index is 13.2. The van der Waals surface area contributed by atoms with Gasteiger partial charge >= 0.3 is 0 Å². The van der Waals surface area contributed by atoms with Crippen molar-refractivity contribution in [2.75, 3.05) is 6.54 Å². The fraction of sp³-hybridized carbons (Fsp3) is 0.500. The molecule has 0 amide bonds. The summed E-state index contributed by atoms with van der Waals surface area (Å²) >= 11 is 5.58. The summed E-state index contributed by atoms with van der Waals surface area (Å²) < 4.78 is 13.2. The minimum absolute atomic E-state index is 0.0600. The van der Waals surface area contributed by atoms with Crippen LogP contribution in [0, 0.1) is 17.7 Å². The SMILES string of the molecule is CC(C)C(CN)C(O)c1ccc(Cl)c(F)c1. The smallest absolute Gasteiger partial charge is 0.142 e. The molecular weight excluding hydrogens is 229 g/mol. The fourth-order valence-electron chi connectivity index (χ4n) is 1.71. The Morgan fingerprint density at radius 3 is 2.50 bits per heavy atom. The van der Waals surface area contributed by atoms with Crippen LogP contribution >= 0.6 is 11.6 Å². The van der Waals surface area contributed by atoms with Crippen molar-refractivity contribution in [3.63, 3.8) is 0 Å². The number of hydrogen-bond donors (Lipinski definition) is 2. The Labute approximate surface area is 100 Å². The molecule has 1 aromatic carbocycles. The second-order valence-electron chi connectivity index (χ2n) is 4.26. The lowest BCUT2D eigenvalue weighted by atomic mass is 9.86. The standard InChI is InChI=1S/C12H17ClFNO/c1-7(2)9(6-15)12(16)8-3-4-10(13)11(14)5-8/h3-5,7,9,12,16H,6,15H2,1-2H3. The first kappa shape index (κ1) is 13.4. The Bertz CT molecular complexity index is 357. The molecule has 4 heteroatoms. The summed E-state index contributed by atoms with van der Waals surface area (Å²) in [6.45, 7) is 4.32. The third-order valence-electron chi connectivity index (χ3n) is 2.82. The largest absolute Gasteiger partial charge is 0.388 e. The molecule has 1 aromatic rings. The minimum Gasteiger partial charge on any atom is -0.388 e. The van der Waals surface area contributed by atoms with E-state index in [4.69, 9.17) is 17.3 Å². The third kappa shape index (κ3) is 2.94. The number of hydrogen-bond acceptors (Lipinski definition) is 2. The topological polar surface area (TPSA) is 46.2 Å². The molecule has 0 aromatic heterocycles. The maximum absolute atomic E-state index is 13.2. The normalized spacial score (nSPS) is 15.2. The molecule has 16 heavy (non-hydrogen) atoms. The van der Waals surface area contributed by atoms with Gasteiger partial charge in [-0.2, -0.15) is 0 Å². The van der Waals surface area contributed by atoms with Gasteiger partial charge in [-0.25, -0.2) is 4.39 Å². The number of halogens is 2. The molecule has 0 aliphatic heterocycles. The zero-order chi connectivity index (χ0) is 12.3. The molecular formula is C12H17ClFNO. The van der Waals surface area contributed by atoms with Crippen molar-refractivity contribution in [3.8, 4) is 0 Å². The lowest BCUT2D eigenvalue weighted by Gasteiger charge is -2.25. The number of aliphatic hydroxyl groups excluding tert-OH is 1. The van der Waals surface area contributed by atoms with Gasteiger partial charge in [-0.15, -0.1) is 0 Å². The molecule has 0 heterocycles. The van der Waals surface area contributed by atoms with Gasteiger partial charge in [0, 0.05) is 5.92 Å². The van der Waals surface area contributed by atoms with Gasteiger partial charge in [0.15, 0.2) is 0 Å². The van der Waals surface area contributed by atoms with Gasteiger partial charge in [0.2, 0.25) is 0 Å². The molecule has 0 fully saturated rings. The quantitative estimate of drug-likeness (QED) is 0.857. The Hall–Kier alpha value is -0.640. The van der Waals surface area contributed by atoms with Gasteiger partial charge < -0.3 is 10.8 Å². The van der Waals surface area contributed by atoms with Crippen LogP contribution in [0.15, 0.2) is 18.2 Å². The zero-order valence-corrected chi connectivity index (χ0v) is 10.2. The van der Waals surface area contributed by atoms with Gasteiger partial charge in [0.05, 0.1) is 11.1 Å². The first-order valence-corrected chi connectivity index (χ1v) is 5.68. The highest BCUT2D eigenvalue weighted by molar-refractivity contribution is 6.30. The third-order valence-corrected chi connectivity index (χ3v) is 3.13. The van der Waals surface area contributed by atoms with Crippen molar-refractivity contribution in [3.05, 3.63) is 34.6 Å². The highest BCUT2D eigenvalue weighted by atomic mass is 35.5. The molecule has 0 bridgehead atoms. The van der Waals surface area contributed by atoms with E-state index < -0.39 is 11.9 Å². The van der Waals surface area contributed by atoms with E-state index >= 15 is 0 Å². The molecule has 0 saturated heterocycles. The lowest BCUT2D eigenvalue weighted by Crippen LogP contribution is -2.26. The predicted octanol–water partition coefficient (Wildman–Crippen LogP) is 2.74. The van der Waals surface area contributed by atoms with Crippen molar-refractivity contribution < 1.29 is 9.50 Å². The van der Waals surface area contributed by atoms with Crippen LogP contribution in [0.1, 0.15) is 25.5 Å². The molecule has 0 aliphatic rings. The molecule has 2 unspecified atom stereocenters. The van der Waals surface area contributed by atoms with Crippen LogP contribution in [0.5, 0.6) is 0 Å². The van der Waals surface area contributed by atoms with E-state index in [-0.39, 0.29) is 16.9 Å². The molecule has 0 saturated carbocycles. The summed E-state index contributed by atoms with van der Waals surface area (Å²) in [5.41, 5.74) is 6.12. The van der Waals surface area contributed by atoms with Crippen LogP contribution < -0.4 is 5.73 Å². The van der Waals surface area contributed by atoms with Gasteiger partial charge in [0.25, 0.3) is 0 Å². The fourth-order valence-corrected chi connectivity index (χ4v) is 1.83. The first-order valence-electron chi connectivity index (χ1n) is 5.30. The van der Waals surface area contributed by atoms with Crippen LogP contribution in [0.25, 0.3) is 0 Å². The Morgan fingerprint density at radius 1 is 1.44 bits per heavy atom. The molecule has 0 radical (unpaired) electrons. The number of aliphatic hydroxyl groups is 1. The van der Waals surface area contributed by atoms with Gasteiger partial charge in [0.1, 0.15) is 5.82 Å². The van der Waals surface area contributed by atoms with Crippen molar-refractivity contribution in [2.45, 2.75) is 20.0 Å². The number of benzene rings is 1. The maximum Gasteiger partial charge on any atom is 0.142 e. The summed E-state index contributed by atoms with van der Waals surface area (Å²) in [6.07, 6.45) is -0.753. The molecule has 2 atom stereocenters. The van der Waals surface area contributed by atoms with E-state index in [1.807, 2.05) is 13.8 Å². The van der Waals surface area contributed by atoms with Crippen molar-refractivity contribution in [1.29, 1.82) is 0 Å². The molecule has 1 rings (SSSR count). The van der Waals surface area contributed by atoms with Crippen LogP contribution in [0.2, 0.25) is 5.02 Å². The van der Waals surface area contributed by atoms with Crippen molar-refractivity contribution in [2.24, 2.45) is 17.6 Å². The van der Waals surface area contributed by atoms with E-state index in [0.29, 0.717) is 12.1 Å². The van der Waals surface area contributed by atoms with Crippen LogP contribution in [-0.4, -0.2) is 11.7 Å².